The number of nitrogens with zero attached hydrogens (tertiary/aromatic N) is 3. The highest BCUT2D eigenvalue weighted by atomic mass is 16.5. The molecule has 0 atom stereocenters. The van der Waals surface area contributed by atoms with Crippen LogP contribution in [0.15, 0.2) is 60.9 Å². The molecule has 0 spiro atoms. The van der Waals surface area contributed by atoms with E-state index in [9.17, 15) is 4.79 Å². The fourth-order valence-electron chi connectivity index (χ4n) is 3.71. The van der Waals surface area contributed by atoms with Gasteiger partial charge in [-0.3, -0.25) is 4.98 Å². The monoisotopic (exact) mass is 417 g/mol. The molecule has 1 aliphatic rings. The number of carbonyl (C=O) groups excluding carboxylic acids is 1. The van der Waals surface area contributed by atoms with Crippen molar-refractivity contribution in [1.82, 2.24) is 9.97 Å². The van der Waals surface area contributed by atoms with Crippen LogP contribution in [0.1, 0.15) is 26.2 Å². The Morgan fingerprint density at radius 2 is 1.71 bits per heavy atom. The Labute approximate surface area is 182 Å². The standard InChI is InChI=1S/C24H27N5O2/c1-2-31-21-11-9-19(10-12-21)27-24(30)28-20-8-6-7-18(17-20)22-23(26-14-13-25-22)29-15-4-3-5-16-29/h6-14,17H,2-5,15-16H2,1H3,(H2,27,28,30). The number of anilines is 3. The topological polar surface area (TPSA) is 79.4 Å². The molecule has 0 radical (unpaired) electrons. The van der Waals surface area contributed by atoms with Crippen LogP contribution in [0.25, 0.3) is 11.3 Å². The Hall–Kier alpha value is -3.61. The summed E-state index contributed by atoms with van der Waals surface area (Å²) >= 11 is 0. The highest BCUT2D eigenvalue weighted by molar-refractivity contribution is 6.00. The van der Waals surface area contributed by atoms with E-state index in [1.165, 1.54) is 19.3 Å². The second-order valence-corrected chi connectivity index (χ2v) is 7.39. The van der Waals surface area contributed by atoms with E-state index in [0.717, 1.165) is 35.9 Å². The van der Waals surface area contributed by atoms with Gasteiger partial charge in [-0.1, -0.05) is 12.1 Å². The number of piperidine rings is 1. The first-order valence-corrected chi connectivity index (χ1v) is 10.7. The van der Waals surface area contributed by atoms with Crippen LogP contribution in [-0.2, 0) is 0 Å². The summed E-state index contributed by atoms with van der Waals surface area (Å²) in [7, 11) is 0. The maximum atomic E-state index is 12.5. The first-order chi connectivity index (χ1) is 15.2. The second kappa shape index (κ2) is 9.93. The van der Waals surface area contributed by atoms with Crippen LogP contribution in [0.3, 0.4) is 0 Å². The van der Waals surface area contributed by atoms with E-state index in [2.05, 4.69) is 25.5 Å². The molecule has 2 aromatic carbocycles. The summed E-state index contributed by atoms with van der Waals surface area (Å²) in [6.07, 6.45) is 7.04. The maximum absolute atomic E-state index is 12.5. The lowest BCUT2D eigenvalue weighted by Gasteiger charge is -2.28. The number of carbonyl (C=O) groups is 1. The molecule has 7 heteroatoms. The Balaban J connectivity index is 1.47. The number of benzene rings is 2. The zero-order valence-corrected chi connectivity index (χ0v) is 17.7. The van der Waals surface area contributed by atoms with Gasteiger partial charge in [0.1, 0.15) is 11.4 Å². The van der Waals surface area contributed by atoms with Crippen LogP contribution in [0, 0.1) is 0 Å². The van der Waals surface area contributed by atoms with E-state index in [4.69, 9.17) is 4.74 Å². The fourth-order valence-corrected chi connectivity index (χ4v) is 3.71. The second-order valence-electron chi connectivity index (χ2n) is 7.39. The van der Waals surface area contributed by atoms with Crippen LogP contribution in [0.5, 0.6) is 5.75 Å². The molecule has 0 saturated carbocycles. The van der Waals surface area contributed by atoms with Crippen LogP contribution in [-0.4, -0.2) is 35.7 Å². The van der Waals surface area contributed by atoms with Crippen molar-refractivity contribution in [3.63, 3.8) is 0 Å². The van der Waals surface area contributed by atoms with E-state index in [-0.39, 0.29) is 6.03 Å². The van der Waals surface area contributed by atoms with Crippen LogP contribution < -0.4 is 20.3 Å². The first kappa shape index (κ1) is 20.7. The van der Waals surface area contributed by atoms with Crippen LogP contribution in [0.2, 0.25) is 0 Å². The summed E-state index contributed by atoms with van der Waals surface area (Å²) in [4.78, 5) is 24.0. The van der Waals surface area contributed by atoms with Gasteiger partial charge in [0.15, 0.2) is 5.82 Å². The third-order valence-electron chi connectivity index (χ3n) is 5.15. The average Bonchev–Trinajstić information content (AvgIpc) is 2.81. The van der Waals surface area contributed by atoms with Gasteiger partial charge in [0, 0.05) is 42.4 Å². The molecule has 1 aliphatic heterocycles. The molecule has 2 amide bonds. The lowest BCUT2D eigenvalue weighted by molar-refractivity contribution is 0.262. The number of nitrogens with one attached hydrogen (secondary N) is 2. The van der Waals surface area contributed by atoms with Gasteiger partial charge in [0.05, 0.1) is 6.61 Å². The zero-order chi connectivity index (χ0) is 21.5. The number of aromatic nitrogens is 2. The van der Waals surface area contributed by atoms with Crippen molar-refractivity contribution in [2.75, 3.05) is 35.2 Å². The summed E-state index contributed by atoms with van der Waals surface area (Å²) in [6, 6.07) is 14.7. The van der Waals surface area contributed by atoms with E-state index >= 15 is 0 Å². The molecule has 0 bridgehead atoms. The Bertz CT molecular complexity index is 1020. The van der Waals surface area contributed by atoms with Crippen molar-refractivity contribution in [2.45, 2.75) is 26.2 Å². The summed E-state index contributed by atoms with van der Waals surface area (Å²) < 4.78 is 5.43. The summed E-state index contributed by atoms with van der Waals surface area (Å²) in [5, 5.41) is 5.74. The lowest BCUT2D eigenvalue weighted by atomic mass is 10.1. The number of amides is 2. The molecule has 1 fully saturated rings. The van der Waals surface area contributed by atoms with Crippen molar-refractivity contribution in [2.24, 2.45) is 0 Å². The number of rotatable bonds is 6. The van der Waals surface area contributed by atoms with Crippen LogP contribution >= 0.6 is 0 Å². The number of hydrogen-bond acceptors (Lipinski definition) is 5. The number of ether oxygens (including phenoxy) is 1. The van der Waals surface area contributed by atoms with Crippen molar-refractivity contribution in [3.05, 3.63) is 60.9 Å². The summed E-state index contributed by atoms with van der Waals surface area (Å²) in [5.74, 6) is 1.67. The molecule has 3 aromatic rings. The largest absolute Gasteiger partial charge is 0.494 e. The van der Waals surface area contributed by atoms with E-state index in [1.54, 1.807) is 12.4 Å². The molecule has 7 nitrogen and oxygen atoms in total. The van der Waals surface area contributed by atoms with Crippen molar-refractivity contribution in [1.29, 1.82) is 0 Å². The van der Waals surface area contributed by atoms with Gasteiger partial charge in [0.2, 0.25) is 0 Å². The fraction of sp³-hybridized carbons (Fsp3) is 0.292. The highest BCUT2D eigenvalue weighted by Crippen LogP contribution is 2.30. The minimum atomic E-state index is -0.309. The van der Waals surface area contributed by atoms with Gasteiger partial charge in [-0.05, 0) is 62.6 Å². The predicted molar refractivity (Wildman–Crippen MR) is 124 cm³/mol. The summed E-state index contributed by atoms with van der Waals surface area (Å²) in [5.41, 5.74) is 3.14. The molecule has 31 heavy (non-hydrogen) atoms. The smallest absolute Gasteiger partial charge is 0.323 e. The van der Waals surface area contributed by atoms with Gasteiger partial charge in [-0.25, -0.2) is 9.78 Å². The molecule has 0 unspecified atom stereocenters. The van der Waals surface area contributed by atoms with E-state index < -0.39 is 0 Å². The average molecular weight is 418 g/mol. The molecule has 1 saturated heterocycles. The normalized spacial score (nSPS) is 13.5. The van der Waals surface area contributed by atoms with Crippen LogP contribution in [0.4, 0.5) is 22.0 Å². The molecular weight excluding hydrogens is 390 g/mol. The number of hydrogen-bond donors (Lipinski definition) is 2. The van der Waals surface area contributed by atoms with Crippen molar-refractivity contribution >= 4 is 23.2 Å². The molecule has 0 aliphatic carbocycles. The van der Waals surface area contributed by atoms with Crippen molar-refractivity contribution < 1.29 is 9.53 Å². The first-order valence-electron chi connectivity index (χ1n) is 10.7. The quantitative estimate of drug-likeness (QED) is 0.578. The zero-order valence-electron chi connectivity index (χ0n) is 17.7. The predicted octanol–water partition coefficient (Wildman–Crippen LogP) is 5.18. The minimum Gasteiger partial charge on any atom is -0.494 e. The highest BCUT2D eigenvalue weighted by Gasteiger charge is 2.18. The SMILES string of the molecule is CCOc1ccc(NC(=O)Nc2cccc(-c3nccnc3N3CCCCC3)c2)cc1. The van der Waals surface area contributed by atoms with E-state index in [1.807, 2.05) is 55.5 Å². The van der Waals surface area contributed by atoms with E-state index in [0.29, 0.717) is 18.0 Å². The Morgan fingerprint density at radius 3 is 2.48 bits per heavy atom. The Kier molecular flexibility index (Phi) is 6.62. The Morgan fingerprint density at radius 1 is 0.968 bits per heavy atom. The molecule has 2 N–H and O–H groups in total. The third-order valence-corrected chi connectivity index (χ3v) is 5.15. The third kappa shape index (κ3) is 5.31. The van der Waals surface area contributed by atoms with Gasteiger partial charge in [-0.15, -0.1) is 0 Å². The van der Waals surface area contributed by atoms with Crippen molar-refractivity contribution in [3.8, 4) is 17.0 Å². The molecule has 1 aromatic heterocycles. The van der Waals surface area contributed by atoms with Gasteiger partial charge >= 0.3 is 6.03 Å². The van der Waals surface area contributed by atoms with Gasteiger partial charge < -0.3 is 20.3 Å². The lowest BCUT2D eigenvalue weighted by Crippen LogP contribution is -2.30. The number of urea groups is 1. The molecule has 160 valence electrons. The minimum absolute atomic E-state index is 0.309. The maximum Gasteiger partial charge on any atom is 0.323 e. The molecule has 2 heterocycles. The van der Waals surface area contributed by atoms with Gasteiger partial charge in [-0.2, -0.15) is 0 Å². The molecular formula is C24H27N5O2. The summed E-state index contributed by atoms with van der Waals surface area (Å²) in [6.45, 7) is 4.53. The molecule has 4 rings (SSSR count). The van der Waals surface area contributed by atoms with Gasteiger partial charge in [0.25, 0.3) is 0 Å².